The van der Waals surface area contributed by atoms with Gasteiger partial charge in [0.1, 0.15) is 6.61 Å². The Labute approximate surface area is 95.3 Å². The third-order valence-electron chi connectivity index (χ3n) is 1.90. The zero-order chi connectivity index (χ0) is 12.9. The summed E-state index contributed by atoms with van der Waals surface area (Å²) in [6, 6.07) is 0. The number of rotatable bonds is 2. The van der Waals surface area contributed by atoms with Crippen LogP contribution >= 0.6 is 0 Å². The third kappa shape index (κ3) is 4.71. The number of allylic oxidation sites excluding steroid dienone is 1. The van der Waals surface area contributed by atoms with Gasteiger partial charge in [-0.2, -0.15) is 13.2 Å². The van der Waals surface area contributed by atoms with E-state index in [1.807, 2.05) is 0 Å². The van der Waals surface area contributed by atoms with Gasteiger partial charge >= 0.3 is 18.1 Å². The molecule has 0 aliphatic carbocycles. The molecule has 0 aromatic rings. The van der Waals surface area contributed by atoms with Gasteiger partial charge in [0.15, 0.2) is 0 Å². The summed E-state index contributed by atoms with van der Waals surface area (Å²) in [6.45, 7) is 0.0456. The van der Waals surface area contributed by atoms with Crippen LogP contribution in [0.2, 0.25) is 0 Å². The predicted molar refractivity (Wildman–Crippen MR) is 51.9 cm³/mol. The molecule has 1 heterocycles. The molecule has 0 bridgehead atoms. The quantitative estimate of drug-likeness (QED) is 0.417. The standard InChI is InChI=1S/C10H10F3NO3/c11-10(12,13)4-3-7-17-9(16)8(15)14-5-1-2-6-14/h1-4H,5-7H2/b4-3+. The minimum atomic E-state index is -4.45. The number of esters is 1. The van der Waals surface area contributed by atoms with Crippen LogP contribution in [0.25, 0.3) is 0 Å². The lowest BCUT2D eigenvalue weighted by Crippen LogP contribution is -2.35. The van der Waals surface area contributed by atoms with E-state index in [2.05, 4.69) is 4.74 Å². The monoisotopic (exact) mass is 249 g/mol. The molecule has 0 aromatic carbocycles. The largest absolute Gasteiger partial charge is 0.454 e. The summed E-state index contributed by atoms with van der Waals surface area (Å²) in [6.07, 6.45) is -0.464. The number of carbonyl (C=O) groups excluding carboxylic acids is 2. The number of amides is 1. The maximum Gasteiger partial charge on any atom is 0.409 e. The van der Waals surface area contributed by atoms with Crippen molar-refractivity contribution >= 4 is 11.9 Å². The van der Waals surface area contributed by atoms with E-state index >= 15 is 0 Å². The van der Waals surface area contributed by atoms with E-state index in [1.165, 1.54) is 4.90 Å². The Bertz CT molecular complexity index is 352. The van der Waals surface area contributed by atoms with Gasteiger partial charge in [0.2, 0.25) is 0 Å². The van der Waals surface area contributed by atoms with Crippen molar-refractivity contribution in [1.82, 2.24) is 4.90 Å². The van der Waals surface area contributed by atoms with Crippen LogP contribution in [-0.2, 0) is 14.3 Å². The van der Waals surface area contributed by atoms with E-state index in [0.717, 1.165) is 0 Å². The van der Waals surface area contributed by atoms with E-state index in [9.17, 15) is 22.8 Å². The number of carbonyl (C=O) groups is 2. The van der Waals surface area contributed by atoms with Crippen LogP contribution < -0.4 is 0 Å². The Hall–Kier alpha value is -1.79. The molecule has 1 aliphatic heterocycles. The van der Waals surface area contributed by atoms with Crippen molar-refractivity contribution in [2.75, 3.05) is 19.7 Å². The van der Waals surface area contributed by atoms with Gasteiger partial charge < -0.3 is 9.64 Å². The van der Waals surface area contributed by atoms with E-state index in [0.29, 0.717) is 19.2 Å². The van der Waals surface area contributed by atoms with Crippen molar-refractivity contribution in [2.24, 2.45) is 0 Å². The van der Waals surface area contributed by atoms with E-state index in [4.69, 9.17) is 0 Å². The highest BCUT2D eigenvalue weighted by Crippen LogP contribution is 2.15. The Morgan fingerprint density at radius 2 is 1.88 bits per heavy atom. The average molecular weight is 249 g/mol. The summed E-state index contributed by atoms with van der Waals surface area (Å²) < 4.78 is 39.4. The van der Waals surface area contributed by atoms with Gasteiger partial charge in [-0.3, -0.25) is 4.79 Å². The van der Waals surface area contributed by atoms with Gasteiger partial charge in [-0.1, -0.05) is 12.2 Å². The number of hydrogen-bond acceptors (Lipinski definition) is 3. The first-order valence-corrected chi connectivity index (χ1v) is 4.75. The molecule has 1 rings (SSSR count). The molecule has 0 atom stereocenters. The van der Waals surface area contributed by atoms with Crippen molar-refractivity contribution in [2.45, 2.75) is 6.18 Å². The SMILES string of the molecule is O=C(OC/C=C/C(F)(F)F)C(=O)N1CC=CC1. The molecule has 0 fully saturated rings. The summed E-state index contributed by atoms with van der Waals surface area (Å²) in [4.78, 5) is 23.6. The number of ether oxygens (including phenoxy) is 1. The number of alkyl halides is 3. The Kier molecular flexibility index (Phi) is 4.30. The van der Waals surface area contributed by atoms with Crippen LogP contribution in [0.5, 0.6) is 0 Å². The molecule has 94 valence electrons. The van der Waals surface area contributed by atoms with Crippen LogP contribution in [0.1, 0.15) is 0 Å². The number of halogens is 3. The third-order valence-corrected chi connectivity index (χ3v) is 1.90. The van der Waals surface area contributed by atoms with Gasteiger partial charge in [-0.15, -0.1) is 0 Å². The zero-order valence-corrected chi connectivity index (χ0v) is 8.74. The van der Waals surface area contributed by atoms with Crippen molar-refractivity contribution in [1.29, 1.82) is 0 Å². The second kappa shape index (κ2) is 5.51. The van der Waals surface area contributed by atoms with E-state index in [-0.39, 0.29) is 6.08 Å². The zero-order valence-electron chi connectivity index (χ0n) is 8.74. The lowest BCUT2D eigenvalue weighted by Gasteiger charge is -2.13. The average Bonchev–Trinajstić information content (AvgIpc) is 2.74. The molecule has 4 nitrogen and oxygen atoms in total. The van der Waals surface area contributed by atoms with E-state index in [1.54, 1.807) is 12.2 Å². The van der Waals surface area contributed by atoms with Crippen molar-refractivity contribution in [3.05, 3.63) is 24.3 Å². The fraction of sp³-hybridized carbons (Fsp3) is 0.400. The topological polar surface area (TPSA) is 46.6 Å². The normalized spacial score (nSPS) is 15.6. The van der Waals surface area contributed by atoms with Gasteiger partial charge in [-0.05, 0) is 6.08 Å². The maximum atomic E-state index is 11.7. The van der Waals surface area contributed by atoms with Gasteiger partial charge in [0.05, 0.1) is 0 Å². The summed E-state index contributed by atoms with van der Waals surface area (Å²) in [5.74, 6) is -2.00. The highest BCUT2D eigenvalue weighted by Gasteiger charge is 2.24. The lowest BCUT2D eigenvalue weighted by atomic mass is 10.5. The van der Waals surface area contributed by atoms with Crippen molar-refractivity contribution in [3.63, 3.8) is 0 Å². The molecule has 17 heavy (non-hydrogen) atoms. The molecule has 7 heteroatoms. The number of hydrogen-bond donors (Lipinski definition) is 0. The van der Waals surface area contributed by atoms with E-state index < -0.39 is 24.7 Å². The predicted octanol–water partition coefficient (Wildman–Crippen LogP) is 1.05. The summed E-state index contributed by atoms with van der Waals surface area (Å²) in [5.41, 5.74) is 0. The first-order chi connectivity index (χ1) is 7.90. The summed E-state index contributed by atoms with van der Waals surface area (Å²) in [5, 5.41) is 0. The molecule has 0 aromatic heterocycles. The fourth-order valence-electron chi connectivity index (χ4n) is 1.14. The molecule has 0 radical (unpaired) electrons. The first-order valence-electron chi connectivity index (χ1n) is 4.75. The van der Waals surface area contributed by atoms with Crippen LogP contribution in [0, 0.1) is 0 Å². The summed E-state index contributed by atoms with van der Waals surface area (Å²) >= 11 is 0. The molecular formula is C10H10F3NO3. The Morgan fingerprint density at radius 3 is 2.41 bits per heavy atom. The highest BCUT2D eigenvalue weighted by molar-refractivity contribution is 6.32. The second-order valence-corrected chi connectivity index (χ2v) is 3.22. The minimum absolute atomic E-state index is 0.0534. The molecule has 1 amide bonds. The molecule has 0 N–H and O–H groups in total. The smallest absolute Gasteiger partial charge is 0.409 e. The Balaban J connectivity index is 2.30. The van der Waals surface area contributed by atoms with Crippen LogP contribution in [0.4, 0.5) is 13.2 Å². The van der Waals surface area contributed by atoms with Crippen molar-refractivity contribution in [3.8, 4) is 0 Å². The van der Waals surface area contributed by atoms with Gasteiger partial charge in [0.25, 0.3) is 0 Å². The second-order valence-electron chi connectivity index (χ2n) is 3.22. The van der Waals surface area contributed by atoms with Crippen LogP contribution in [0.3, 0.4) is 0 Å². The molecule has 0 saturated carbocycles. The minimum Gasteiger partial charge on any atom is -0.454 e. The van der Waals surface area contributed by atoms with Crippen LogP contribution in [-0.4, -0.2) is 42.6 Å². The molecule has 0 unspecified atom stereocenters. The molecule has 0 saturated heterocycles. The molecular weight excluding hydrogens is 239 g/mol. The first kappa shape index (κ1) is 13.3. The Morgan fingerprint density at radius 1 is 1.29 bits per heavy atom. The fourth-order valence-corrected chi connectivity index (χ4v) is 1.14. The molecule has 1 aliphatic rings. The van der Waals surface area contributed by atoms with Crippen LogP contribution in [0.15, 0.2) is 24.3 Å². The molecule has 0 spiro atoms. The van der Waals surface area contributed by atoms with Gasteiger partial charge in [-0.25, -0.2) is 4.79 Å². The highest BCUT2D eigenvalue weighted by atomic mass is 19.4. The lowest BCUT2D eigenvalue weighted by molar-refractivity contribution is -0.158. The summed E-state index contributed by atoms with van der Waals surface area (Å²) in [7, 11) is 0. The van der Waals surface area contributed by atoms with Gasteiger partial charge in [0, 0.05) is 19.2 Å². The van der Waals surface area contributed by atoms with Crippen molar-refractivity contribution < 1.29 is 27.5 Å². The number of nitrogens with zero attached hydrogens (tertiary/aromatic N) is 1. The maximum absolute atomic E-state index is 11.7.